The van der Waals surface area contributed by atoms with Crippen LogP contribution in [0.25, 0.3) is 0 Å². The fourth-order valence-electron chi connectivity index (χ4n) is 2.26. The number of benzene rings is 1. The molecule has 0 aliphatic carbocycles. The summed E-state index contributed by atoms with van der Waals surface area (Å²) >= 11 is 0. The molecule has 0 saturated heterocycles. The summed E-state index contributed by atoms with van der Waals surface area (Å²) in [6.07, 6.45) is 0. The maximum absolute atomic E-state index is 12.3. The van der Waals surface area contributed by atoms with Gasteiger partial charge in [-0.3, -0.25) is 4.79 Å². The van der Waals surface area contributed by atoms with E-state index in [1.807, 2.05) is 38.1 Å². The summed E-state index contributed by atoms with van der Waals surface area (Å²) in [5.74, 6) is -0.326. The molecule has 108 valence electrons. The van der Waals surface area contributed by atoms with Crippen molar-refractivity contribution in [1.82, 2.24) is 5.32 Å². The SMILES string of the molecule is COC(=O)C(NC(=O)C1COc2ccccc21)C(C)C. The first-order chi connectivity index (χ1) is 9.54. The van der Waals surface area contributed by atoms with E-state index in [-0.39, 0.29) is 17.7 Å². The number of nitrogens with one attached hydrogen (secondary N) is 1. The Morgan fingerprint density at radius 1 is 1.35 bits per heavy atom. The number of esters is 1. The zero-order chi connectivity index (χ0) is 14.7. The van der Waals surface area contributed by atoms with Crippen LogP contribution < -0.4 is 10.1 Å². The van der Waals surface area contributed by atoms with E-state index in [2.05, 4.69) is 5.32 Å². The smallest absolute Gasteiger partial charge is 0.328 e. The van der Waals surface area contributed by atoms with Crippen LogP contribution in [0, 0.1) is 5.92 Å². The van der Waals surface area contributed by atoms with E-state index in [9.17, 15) is 9.59 Å². The van der Waals surface area contributed by atoms with Gasteiger partial charge in [-0.25, -0.2) is 4.79 Å². The van der Waals surface area contributed by atoms with Crippen LogP contribution in [0.15, 0.2) is 24.3 Å². The van der Waals surface area contributed by atoms with Crippen molar-refractivity contribution in [3.63, 3.8) is 0 Å². The number of hydrogen-bond acceptors (Lipinski definition) is 4. The highest BCUT2D eigenvalue weighted by Crippen LogP contribution is 2.33. The summed E-state index contributed by atoms with van der Waals surface area (Å²) in [5, 5.41) is 2.76. The third kappa shape index (κ3) is 2.76. The summed E-state index contributed by atoms with van der Waals surface area (Å²) < 4.78 is 10.2. The predicted molar refractivity (Wildman–Crippen MR) is 73.5 cm³/mol. The van der Waals surface area contributed by atoms with Gasteiger partial charge < -0.3 is 14.8 Å². The lowest BCUT2D eigenvalue weighted by molar-refractivity contribution is -0.146. The Hall–Kier alpha value is -2.04. The maximum atomic E-state index is 12.3. The van der Waals surface area contributed by atoms with Crippen molar-refractivity contribution < 1.29 is 19.1 Å². The first-order valence-electron chi connectivity index (χ1n) is 6.64. The number of fused-ring (bicyclic) bond motifs is 1. The Bertz CT molecular complexity index is 512. The highest BCUT2D eigenvalue weighted by atomic mass is 16.5. The van der Waals surface area contributed by atoms with Gasteiger partial charge in [0.25, 0.3) is 0 Å². The molecule has 0 saturated carbocycles. The van der Waals surface area contributed by atoms with Gasteiger partial charge in [-0.1, -0.05) is 32.0 Å². The number of hydrogen-bond donors (Lipinski definition) is 1. The summed E-state index contributed by atoms with van der Waals surface area (Å²) in [6.45, 7) is 4.03. The Balaban J connectivity index is 2.11. The number of para-hydroxylation sites is 1. The van der Waals surface area contributed by atoms with Crippen LogP contribution >= 0.6 is 0 Å². The molecule has 5 heteroatoms. The minimum absolute atomic E-state index is 0.0380. The maximum Gasteiger partial charge on any atom is 0.328 e. The Kier molecular flexibility index (Phi) is 4.27. The lowest BCUT2D eigenvalue weighted by atomic mass is 9.98. The van der Waals surface area contributed by atoms with Crippen LogP contribution in [0.2, 0.25) is 0 Å². The second-order valence-corrected chi connectivity index (χ2v) is 5.15. The second kappa shape index (κ2) is 5.94. The highest BCUT2D eigenvalue weighted by molar-refractivity contribution is 5.89. The number of ether oxygens (including phenoxy) is 2. The number of methoxy groups -OCH3 is 1. The van der Waals surface area contributed by atoms with Crippen LogP contribution in [0.5, 0.6) is 5.75 Å². The molecule has 0 fully saturated rings. The van der Waals surface area contributed by atoms with E-state index in [1.54, 1.807) is 0 Å². The summed E-state index contributed by atoms with van der Waals surface area (Å²) in [4.78, 5) is 24.0. The summed E-state index contributed by atoms with van der Waals surface area (Å²) in [5.41, 5.74) is 0.859. The van der Waals surface area contributed by atoms with Crippen molar-refractivity contribution in [2.75, 3.05) is 13.7 Å². The molecule has 0 spiro atoms. The zero-order valence-corrected chi connectivity index (χ0v) is 11.9. The minimum Gasteiger partial charge on any atom is -0.492 e. The molecule has 1 amide bonds. The zero-order valence-electron chi connectivity index (χ0n) is 11.9. The molecule has 0 bridgehead atoms. The van der Waals surface area contributed by atoms with E-state index in [0.29, 0.717) is 6.61 Å². The normalized spacial score (nSPS) is 18.1. The molecular weight excluding hydrogens is 258 g/mol. The average molecular weight is 277 g/mol. The molecule has 1 aromatic carbocycles. The monoisotopic (exact) mass is 277 g/mol. The summed E-state index contributed by atoms with van der Waals surface area (Å²) in [7, 11) is 1.32. The number of carbonyl (C=O) groups excluding carboxylic acids is 2. The van der Waals surface area contributed by atoms with Crippen LogP contribution in [-0.4, -0.2) is 31.6 Å². The van der Waals surface area contributed by atoms with Gasteiger partial charge in [0.2, 0.25) is 5.91 Å². The van der Waals surface area contributed by atoms with Gasteiger partial charge in [0.1, 0.15) is 24.3 Å². The first kappa shape index (κ1) is 14.4. The number of amides is 1. The van der Waals surface area contributed by atoms with Gasteiger partial charge in [-0.05, 0) is 12.0 Å². The molecule has 1 heterocycles. The van der Waals surface area contributed by atoms with E-state index in [0.717, 1.165) is 11.3 Å². The molecule has 1 N–H and O–H groups in total. The van der Waals surface area contributed by atoms with E-state index in [4.69, 9.17) is 9.47 Å². The molecule has 2 unspecified atom stereocenters. The van der Waals surface area contributed by atoms with Crippen LogP contribution in [0.3, 0.4) is 0 Å². The van der Waals surface area contributed by atoms with E-state index < -0.39 is 12.0 Å². The lowest BCUT2D eigenvalue weighted by Crippen LogP contribution is -2.47. The molecule has 0 radical (unpaired) electrons. The third-order valence-corrected chi connectivity index (χ3v) is 3.44. The molecule has 5 nitrogen and oxygen atoms in total. The fourth-order valence-corrected chi connectivity index (χ4v) is 2.26. The molecular formula is C15H19NO4. The Labute approximate surface area is 118 Å². The Morgan fingerprint density at radius 2 is 2.05 bits per heavy atom. The van der Waals surface area contributed by atoms with Crippen LogP contribution in [-0.2, 0) is 14.3 Å². The van der Waals surface area contributed by atoms with Crippen LogP contribution in [0.4, 0.5) is 0 Å². The summed E-state index contributed by atoms with van der Waals surface area (Å²) in [6, 6.07) is 6.80. The van der Waals surface area contributed by atoms with Crippen molar-refractivity contribution in [1.29, 1.82) is 0 Å². The van der Waals surface area contributed by atoms with E-state index >= 15 is 0 Å². The lowest BCUT2D eigenvalue weighted by Gasteiger charge is -2.21. The van der Waals surface area contributed by atoms with Crippen molar-refractivity contribution >= 4 is 11.9 Å². The van der Waals surface area contributed by atoms with Gasteiger partial charge >= 0.3 is 5.97 Å². The van der Waals surface area contributed by atoms with Gasteiger partial charge in [0, 0.05) is 5.56 Å². The van der Waals surface area contributed by atoms with Gasteiger partial charge in [0.15, 0.2) is 0 Å². The third-order valence-electron chi connectivity index (χ3n) is 3.44. The number of rotatable bonds is 4. The average Bonchev–Trinajstić information content (AvgIpc) is 2.87. The first-order valence-corrected chi connectivity index (χ1v) is 6.64. The molecule has 20 heavy (non-hydrogen) atoms. The van der Waals surface area contributed by atoms with Crippen LogP contribution in [0.1, 0.15) is 25.3 Å². The second-order valence-electron chi connectivity index (χ2n) is 5.15. The van der Waals surface area contributed by atoms with Gasteiger partial charge in [-0.15, -0.1) is 0 Å². The minimum atomic E-state index is -0.639. The van der Waals surface area contributed by atoms with E-state index in [1.165, 1.54) is 7.11 Å². The molecule has 1 aliphatic rings. The van der Waals surface area contributed by atoms with Crippen molar-refractivity contribution in [3.05, 3.63) is 29.8 Å². The number of carbonyl (C=O) groups is 2. The fraction of sp³-hybridized carbons (Fsp3) is 0.467. The standard InChI is InChI=1S/C15H19NO4/c1-9(2)13(15(18)19-3)16-14(17)11-8-20-12-7-5-4-6-10(11)12/h4-7,9,11,13H,8H2,1-3H3,(H,16,17). The predicted octanol–water partition coefficient (Wildman–Crippen LogP) is 1.48. The van der Waals surface area contributed by atoms with Crippen molar-refractivity contribution in [2.24, 2.45) is 5.92 Å². The molecule has 1 aliphatic heterocycles. The quantitative estimate of drug-likeness (QED) is 0.847. The molecule has 1 aromatic rings. The topological polar surface area (TPSA) is 64.6 Å². The molecule has 0 aromatic heterocycles. The van der Waals surface area contributed by atoms with Gasteiger partial charge in [-0.2, -0.15) is 0 Å². The highest BCUT2D eigenvalue weighted by Gasteiger charge is 2.33. The molecule has 2 rings (SSSR count). The van der Waals surface area contributed by atoms with Gasteiger partial charge in [0.05, 0.1) is 7.11 Å². The van der Waals surface area contributed by atoms with Crippen molar-refractivity contribution in [3.8, 4) is 5.75 Å². The largest absolute Gasteiger partial charge is 0.492 e. The van der Waals surface area contributed by atoms with Crippen molar-refractivity contribution in [2.45, 2.75) is 25.8 Å². The molecule has 2 atom stereocenters. The Morgan fingerprint density at radius 3 is 2.70 bits per heavy atom.